The molecule has 66 valence electrons. The Morgan fingerprint density at radius 2 is 2.08 bits per heavy atom. The fourth-order valence-electron chi connectivity index (χ4n) is 1.63. The second-order valence-corrected chi connectivity index (χ2v) is 3.19. The third-order valence-electron chi connectivity index (χ3n) is 2.45. The zero-order valence-corrected chi connectivity index (χ0v) is 7.56. The Hall–Kier alpha value is -1.41. The molecule has 0 bridgehead atoms. The van der Waals surface area contributed by atoms with Crippen molar-refractivity contribution in [1.82, 2.24) is 4.48 Å². The van der Waals surface area contributed by atoms with Crippen LogP contribution in [0.5, 0.6) is 0 Å². The van der Waals surface area contributed by atoms with Gasteiger partial charge >= 0.3 is 0 Å². The van der Waals surface area contributed by atoms with Crippen molar-refractivity contribution in [3.63, 3.8) is 0 Å². The highest BCUT2D eigenvalue weighted by Crippen LogP contribution is 2.23. The van der Waals surface area contributed by atoms with Crippen LogP contribution >= 0.6 is 0 Å². The van der Waals surface area contributed by atoms with E-state index in [1.165, 1.54) is 5.69 Å². The summed E-state index contributed by atoms with van der Waals surface area (Å²) in [5.74, 6) is 0. The highest BCUT2D eigenvalue weighted by Gasteiger charge is 2.28. The normalized spacial score (nSPS) is 26.2. The zero-order chi connectivity index (χ0) is 9.15. The van der Waals surface area contributed by atoms with E-state index in [1.54, 1.807) is 0 Å². The molecule has 0 aromatic heterocycles. The van der Waals surface area contributed by atoms with E-state index in [9.17, 15) is 0 Å². The average Bonchev–Trinajstić information content (AvgIpc) is 2.69. The van der Waals surface area contributed by atoms with E-state index in [2.05, 4.69) is 23.7 Å². The lowest BCUT2D eigenvalue weighted by Crippen LogP contribution is -2.40. The Morgan fingerprint density at radius 3 is 2.62 bits per heavy atom. The van der Waals surface area contributed by atoms with Gasteiger partial charge in [-0.3, -0.25) is 0 Å². The molecule has 1 aliphatic heterocycles. The molecule has 0 spiro atoms. The molecule has 2 nitrogen and oxygen atoms in total. The molecule has 0 amide bonds. The van der Waals surface area contributed by atoms with Crippen molar-refractivity contribution in [3.8, 4) is 0 Å². The maximum atomic E-state index is 4.26. The van der Waals surface area contributed by atoms with Crippen molar-refractivity contribution in [3.05, 3.63) is 43.1 Å². The standard InChI is InChI=1S/C11H13N2/c1-2-13(9-8-12-10-13)11-6-4-3-5-7-11/h2-7,10H,1,8-9H2/q+1. The monoisotopic (exact) mass is 173 g/mol. The summed E-state index contributed by atoms with van der Waals surface area (Å²) >= 11 is 0. The van der Waals surface area contributed by atoms with Gasteiger partial charge in [0.05, 0.1) is 12.7 Å². The van der Waals surface area contributed by atoms with Crippen LogP contribution < -0.4 is 4.48 Å². The van der Waals surface area contributed by atoms with Crippen LogP contribution in [0.25, 0.3) is 0 Å². The quantitative estimate of drug-likeness (QED) is 0.608. The number of para-hydroxylation sites is 1. The molecule has 0 fully saturated rings. The first-order valence-corrected chi connectivity index (χ1v) is 4.45. The van der Waals surface area contributed by atoms with Gasteiger partial charge in [-0.2, -0.15) is 0 Å². The van der Waals surface area contributed by atoms with Crippen LogP contribution in [0, 0.1) is 0 Å². The molecule has 1 unspecified atom stereocenters. The molecule has 1 atom stereocenters. The zero-order valence-electron chi connectivity index (χ0n) is 7.56. The SMILES string of the molecule is C=C[N+]1(c2ccccc2)C=NCC1. The van der Waals surface area contributed by atoms with Crippen molar-refractivity contribution >= 4 is 12.0 Å². The average molecular weight is 173 g/mol. The summed E-state index contributed by atoms with van der Waals surface area (Å²) in [7, 11) is 0. The van der Waals surface area contributed by atoms with E-state index >= 15 is 0 Å². The van der Waals surface area contributed by atoms with Crippen LogP contribution in [-0.2, 0) is 0 Å². The third kappa shape index (κ3) is 1.29. The van der Waals surface area contributed by atoms with Crippen molar-refractivity contribution in [2.24, 2.45) is 4.99 Å². The van der Waals surface area contributed by atoms with Gasteiger partial charge in [0.15, 0.2) is 6.34 Å². The number of hydrogen-bond acceptors (Lipinski definition) is 1. The van der Waals surface area contributed by atoms with E-state index in [4.69, 9.17) is 0 Å². The first-order valence-electron chi connectivity index (χ1n) is 4.45. The highest BCUT2D eigenvalue weighted by atomic mass is 15.4. The van der Waals surface area contributed by atoms with Crippen LogP contribution in [-0.4, -0.2) is 19.4 Å². The summed E-state index contributed by atoms with van der Waals surface area (Å²) in [6.45, 7) is 5.76. The van der Waals surface area contributed by atoms with Gasteiger partial charge in [0.2, 0.25) is 0 Å². The largest absolute Gasteiger partial charge is 0.235 e. The number of rotatable bonds is 2. The van der Waals surface area contributed by atoms with Crippen LogP contribution in [0.1, 0.15) is 0 Å². The lowest BCUT2D eigenvalue weighted by molar-refractivity contribution is 0.599. The molecule has 0 aliphatic carbocycles. The van der Waals surface area contributed by atoms with E-state index in [0.717, 1.165) is 13.1 Å². The summed E-state index contributed by atoms with van der Waals surface area (Å²) in [5.41, 5.74) is 1.23. The number of benzene rings is 1. The summed E-state index contributed by atoms with van der Waals surface area (Å²) in [5, 5.41) is 0. The molecule has 1 aromatic carbocycles. The summed E-state index contributed by atoms with van der Waals surface area (Å²) < 4.78 is 0.681. The second kappa shape index (κ2) is 3.15. The molecule has 0 saturated heterocycles. The number of nitrogens with zero attached hydrogens (tertiary/aromatic N) is 2. The third-order valence-corrected chi connectivity index (χ3v) is 2.45. The van der Waals surface area contributed by atoms with E-state index < -0.39 is 0 Å². The highest BCUT2D eigenvalue weighted by molar-refractivity contribution is 5.77. The lowest BCUT2D eigenvalue weighted by atomic mass is 10.2. The fourth-order valence-corrected chi connectivity index (χ4v) is 1.63. The van der Waals surface area contributed by atoms with Crippen molar-refractivity contribution < 1.29 is 0 Å². The van der Waals surface area contributed by atoms with Gasteiger partial charge in [-0.15, -0.1) is 0 Å². The molecular weight excluding hydrogens is 160 g/mol. The molecule has 0 saturated carbocycles. The van der Waals surface area contributed by atoms with Gasteiger partial charge in [-0.25, -0.2) is 9.48 Å². The van der Waals surface area contributed by atoms with Gasteiger partial charge in [-0.05, 0) is 18.7 Å². The lowest BCUT2D eigenvalue weighted by Gasteiger charge is -2.24. The molecule has 1 aromatic rings. The first kappa shape index (κ1) is 8.20. The molecule has 0 radical (unpaired) electrons. The predicted molar refractivity (Wildman–Crippen MR) is 56.7 cm³/mol. The Balaban J connectivity index is 2.43. The maximum Gasteiger partial charge on any atom is 0.195 e. The topological polar surface area (TPSA) is 12.4 Å². The van der Waals surface area contributed by atoms with Crippen LogP contribution in [0.2, 0.25) is 0 Å². The van der Waals surface area contributed by atoms with Crippen molar-refractivity contribution in [1.29, 1.82) is 0 Å². The van der Waals surface area contributed by atoms with Gasteiger partial charge in [0, 0.05) is 0 Å². The van der Waals surface area contributed by atoms with Crippen LogP contribution in [0.4, 0.5) is 5.69 Å². The molecular formula is C11H13N2+. The fraction of sp³-hybridized carbons (Fsp3) is 0.182. The minimum absolute atomic E-state index is 0.681. The Morgan fingerprint density at radius 1 is 1.31 bits per heavy atom. The Bertz CT molecular complexity index is 329. The number of hydrogen-bond donors (Lipinski definition) is 0. The molecule has 2 rings (SSSR count). The van der Waals surface area contributed by atoms with Gasteiger partial charge in [0.25, 0.3) is 0 Å². The molecule has 13 heavy (non-hydrogen) atoms. The summed E-state index contributed by atoms with van der Waals surface area (Å²) in [6.07, 6.45) is 3.90. The minimum Gasteiger partial charge on any atom is -0.235 e. The van der Waals surface area contributed by atoms with Gasteiger partial charge in [-0.1, -0.05) is 18.2 Å². The Kier molecular flexibility index (Phi) is 1.99. The van der Waals surface area contributed by atoms with Crippen LogP contribution in [0.3, 0.4) is 0 Å². The van der Waals surface area contributed by atoms with Crippen molar-refractivity contribution in [2.75, 3.05) is 13.1 Å². The molecule has 2 heteroatoms. The summed E-state index contributed by atoms with van der Waals surface area (Å²) in [6, 6.07) is 10.3. The smallest absolute Gasteiger partial charge is 0.195 e. The van der Waals surface area contributed by atoms with E-state index in [-0.39, 0.29) is 0 Å². The molecule has 1 heterocycles. The first-order chi connectivity index (χ1) is 6.37. The molecule has 1 aliphatic rings. The number of aliphatic imine (C=N–C) groups is 1. The number of quaternary nitrogens is 1. The minimum atomic E-state index is 0.681. The van der Waals surface area contributed by atoms with E-state index in [1.807, 2.05) is 30.7 Å². The Labute approximate surface area is 78.4 Å². The van der Waals surface area contributed by atoms with Gasteiger partial charge in [0.1, 0.15) is 12.2 Å². The maximum absolute atomic E-state index is 4.26. The summed E-state index contributed by atoms with van der Waals surface area (Å²) in [4.78, 5) is 4.26. The van der Waals surface area contributed by atoms with Gasteiger partial charge < -0.3 is 0 Å². The van der Waals surface area contributed by atoms with Crippen molar-refractivity contribution in [2.45, 2.75) is 0 Å². The van der Waals surface area contributed by atoms with E-state index in [0.29, 0.717) is 4.48 Å². The molecule has 0 N–H and O–H groups in total. The second-order valence-electron chi connectivity index (χ2n) is 3.19. The van der Waals surface area contributed by atoms with Crippen LogP contribution in [0.15, 0.2) is 48.1 Å². The predicted octanol–water partition coefficient (Wildman–Crippen LogP) is 2.18.